The lowest BCUT2D eigenvalue weighted by atomic mass is 10.2. The van der Waals surface area contributed by atoms with E-state index in [1.807, 2.05) is 4.90 Å². The van der Waals surface area contributed by atoms with Crippen LogP contribution in [0.1, 0.15) is 21.1 Å². The maximum absolute atomic E-state index is 11.3. The molecule has 3 nitrogen and oxygen atoms in total. The Kier molecular flexibility index (Phi) is 2.40. The summed E-state index contributed by atoms with van der Waals surface area (Å²) in [4.78, 5) is 13.1. The second kappa shape index (κ2) is 3.72. The lowest BCUT2D eigenvalue weighted by Crippen LogP contribution is -2.34. The number of likely N-dealkylation sites (N-methyl/N-ethyl adjacent to an activating group) is 1. The highest BCUT2D eigenvalue weighted by Crippen LogP contribution is 2.15. The molecule has 1 aliphatic heterocycles. The summed E-state index contributed by atoms with van der Waals surface area (Å²) in [5.74, 6) is -0.165. The third-order valence-corrected chi connectivity index (χ3v) is 1.92. The number of rotatable bonds is 2. The molecule has 1 atom stereocenters. The van der Waals surface area contributed by atoms with Crippen molar-refractivity contribution in [2.24, 2.45) is 0 Å². The molecule has 0 aromatic heterocycles. The number of carbonyl (C=O) groups excluding carboxylic acids is 1. The molecule has 0 bridgehead atoms. The summed E-state index contributed by atoms with van der Waals surface area (Å²) in [5, 5.41) is 0. The molecule has 0 aromatic carbocycles. The van der Waals surface area contributed by atoms with Crippen molar-refractivity contribution < 1.29 is 10.9 Å². The molecule has 0 amide bonds. The number of ether oxygens (including phenoxy) is 1. The van der Waals surface area contributed by atoms with Crippen molar-refractivity contribution in [2.45, 2.75) is 25.8 Å². The van der Waals surface area contributed by atoms with E-state index in [4.69, 9.17) is 6.11 Å². The van der Waals surface area contributed by atoms with Crippen LogP contribution in [0.2, 0.25) is 0 Å². The van der Waals surface area contributed by atoms with Crippen LogP contribution in [0.3, 0.4) is 0 Å². The van der Waals surface area contributed by atoms with Crippen LogP contribution >= 0.6 is 0 Å². The fourth-order valence-electron chi connectivity index (χ4n) is 1.33. The first-order chi connectivity index (χ1) is 5.79. The molecular formula is C8H15NO2. The SMILES string of the molecule is [2H]CN1CCC[C@H]1C(=O)OCC. The summed E-state index contributed by atoms with van der Waals surface area (Å²) in [5.41, 5.74) is 0. The van der Waals surface area contributed by atoms with Crippen LogP contribution in [0.15, 0.2) is 0 Å². The first-order valence-corrected chi connectivity index (χ1v) is 3.99. The van der Waals surface area contributed by atoms with Crippen molar-refractivity contribution in [3.05, 3.63) is 0 Å². The number of hydrogen-bond acceptors (Lipinski definition) is 3. The fourth-order valence-corrected chi connectivity index (χ4v) is 1.33. The Balaban J connectivity index is 2.43. The van der Waals surface area contributed by atoms with E-state index in [0.717, 1.165) is 19.4 Å². The number of esters is 1. The van der Waals surface area contributed by atoms with Gasteiger partial charge in [-0.2, -0.15) is 0 Å². The first-order valence-electron chi connectivity index (χ1n) is 4.70. The topological polar surface area (TPSA) is 29.5 Å². The third kappa shape index (κ3) is 1.93. The molecule has 0 unspecified atom stereocenters. The summed E-state index contributed by atoms with van der Waals surface area (Å²) in [6.45, 7) is 3.09. The molecule has 0 radical (unpaired) electrons. The standard InChI is InChI=1S/C8H15NO2/c1-3-11-8(10)7-5-4-6-9(7)2/h7H,3-6H2,1-2H3/t7-/m0/s1/i2D. The summed E-state index contributed by atoms with van der Waals surface area (Å²) < 4.78 is 12.1. The van der Waals surface area contributed by atoms with Crippen molar-refractivity contribution in [1.29, 1.82) is 0 Å². The molecule has 1 saturated heterocycles. The van der Waals surface area contributed by atoms with Gasteiger partial charge in [-0.15, -0.1) is 0 Å². The van der Waals surface area contributed by atoms with Crippen LogP contribution in [-0.2, 0) is 9.53 Å². The number of carbonyl (C=O) groups is 1. The lowest BCUT2D eigenvalue weighted by Gasteiger charge is -2.16. The van der Waals surface area contributed by atoms with Gasteiger partial charge in [-0.1, -0.05) is 0 Å². The van der Waals surface area contributed by atoms with E-state index in [-0.39, 0.29) is 19.0 Å². The van der Waals surface area contributed by atoms with E-state index in [9.17, 15) is 4.79 Å². The molecule has 64 valence electrons. The van der Waals surface area contributed by atoms with Crippen LogP contribution in [0.4, 0.5) is 0 Å². The Morgan fingerprint density at radius 1 is 1.91 bits per heavy atom. The summed E-state index contributed by atoms with van der Waals surface area (Å²) in [6.07, 6.45) is 1.85. The Hall–Kier alpha value is -0.570. The number of nitrogens with zero attached hydrogens (tertiary/aromatic N) is 1. The van der Waals surface area contributed by atoms with Crippen molar-refractivity contribution in [3.8, 4) is 0 Å². The third-order valence-electron chi connectivity index (χ3n) is 1.92. The molecule has 0 aliphatic carbocycles. The van der Waals surface area contributed by atoms with Gasteiger partial charge in [0.25, 0.3) is 0 Å². The van der Waals surface area contributed by atoms with Crippen molar-refractivity contribution in [1.82, 2.24) is 4.90 Å². The Morgan fingerprint density at radius 3 is 3.36 bits per heavy atom. The minimum Gasteiger partial charge on any atom is -0.465 e. The lowest BCUT2D eigenvalue weighted by molar-refractivity contribution is -0.147. The minimum atomic E-state index is -0.165. The highest BCUT2D eigenvalue weighted by molar-refractivity contribution is 5.76. The quantitative estimate of drug-likeness (QED) is 0.552. The van der Waals surface area contributed by atoms with Gasteiger partial charge in [0.1, 0.15) is 6.04 Å². The molecule has 11 heavy (non-hydrogen) atoms. The highest BCUT2D eigenvalue weighted by atomic mass is 16.5. The number of hydrogen-bond donors (Lipinski definition) is 0. The van der Waals surface area contributed by atoms with Crippen LogP contribution in [0, 0.1) is 0 Å². The second-order valence-corrected chi connectivity index (χ2v) is 2.72. The van der Waals surface area contributed by atoms with Crippen molar-refractivity contribution in [3.63, 3.8) is 0 Å². The maximum Gasteiger partial charge on any atom is 0.323 e. The first kappa shape index (κ1) is 7.10. The van der Waals surface area contributed by atoms with E-state index >= 15 is 0 Å². The summed E-state index contributed by atoms with van der Waals surface area (Å²) >= 11 is 0. The Morgan fingerprint density at radius 2 is 2.73 bits per heavy atom. The molecule has 0 aromatic rings. The average Bonchev–Trinajstić information content (AvgIpc) is 2.51. The Bertz CT molecular complexity index is 163. The summed E-state index contributed by atoms with van der Waals surface area (Å²) in [7, 11) is 0.198. The Labute approximate surface area is 68.7 Å². The molecule has 0 spiro atoms. The predicted molar refractivity (Wildman–Crippen MR) is 42.3 cm³/mol. The van der Waals surface area contributed by atoms with Gasteiger partial charge < -0.3 is 4.74 Å². The van der Waals surface area contributed by atoms with Gasteiger partial charge in [-0.05, 0) is 33.3 Å². The smallest absolute Gasteiger partial charge is 0.323 e. The van der Waals surface area contributed by atoms with Crippen molar-refractivity contribution >= 4 is 5.97 Å². The predicted octanol–water partition coefficient (Wildman–Crippen LogP) is 0.644. The molecule has 1 aliphatic rings. The zero-order valence-corrected chi connectivity index (χ0v) is 6.88. The number of likely N-dealkylation sites (tertiary alicyclic amines) is 1. The average molecular weight is 158 g/mol. The molecule has 0 saturated carbocycles. The van der Waals surface area contributed by atoms with Gasteiger partial charge in [0.15, 0.2) is 0 Å². The molecule has 0 N–H and O–H groups in total. The van der Waals surface area contributed by atoms with E-state index in [1.165, 1.54) is 0 Å². The van der Waals surface area contributed by atoms with Gasteiger partial charge >= 0.3 is 5.97 Å². The van der Waals surface area contributed by atoms with Gasteiger partial charge in [0.2, 0.25) is 0 Å². The minimum absolute atomic E-state index is 0.151. The summed E-state index contributed by atoms with van der Waals surface area (Å²) in [6, 6.07) is -0.151. The van der Waals surface area contributed by atoms with Crippen LogP contribution in [0.5, 0.6) is 0 Å². The molecule has 1 rings (SSSR count). The zero-order valence-electron chi connectivity index (χ0n) is 7.88. The van der Waals surface area contributed by atoms with Crippen LogP contribution in [-0.4, -0.2) is 37.1 Å². The van der Waals surface area contributed by atoms with Crippen molar-refractivity contribution in [2.75, 3.05) is 20.2 Å². The second-order valence-electron chi connectivity index (χ2n) is 2.72. The fraction of sp³-hybridized carbons (Fsp3) is 0.875. The van der Waals surface area contributed by atoms with Gasteiger partial charge in [0, 0.05) is 1.37 Å². The van der Waals surface area contributed by atoms with Gasteiger partial charge in [-0.3, -0.25) is 9.69 Å². The van der Waals surface area contributed by atoms with E-state index in [1.54, 1.807) is 6.92 Å². The molecule has 1 fully saturated rings. The monoisotopic (exact) mass is 158 g/mol. The maximum atomic E-state index is 11.3. The molecule has 1 heterocycles. The van der Waals surface area contributed by atoms with E-state index in [2.05, 4.69) is 0 Å². The van der Waals surface area contributed by atoms with E-state index in [0.29, 0.717) is 6.61 Å². The molecule has 3 heteroatoms. The molecular weight excluding hydrogens is 142 g/mol. The highest BCUT2D eigenvalue weighted by Gasteiger charge is 2.28. The zero-order chi connectivity index (χ0) is 8.97. The largest absolute Gasteiger partial charge is 0.465 e. The normalized spacial score (nSPS) is 26.6. The van der Waals surface area contributed by atoms with Crippen LogP contribution in [0.25, 0.3) is 0 Å². The van der Waals surface area contributed by atoms with Gasteiger partial charge in [0.05, 0.1) is 6.61 Å². The van der Waals surface area contributed by atoms with Crippen LogP contribution < -0.4 is 0 Å². The van der Waals surface area contributed by atoms with Gasteiger partial charge in [-0.25, -0.2) is 0 Å². The van der Waals surface area contributed by atoms with E-state index < -0.39 is 0 Å².